The Kier molecular flexibility index (Phi) is 8.94. The standard InChI is InChI=1S/C13H13N3O.C11H13NO3/c14-10-3-1-9(2-4-10)13(17)16-12-7-5-11(15)6-8-12;1-8(13)10(15-2)11(14)12-9-6-4-3-5-7-9/h1-8H,14-15H2,(H,16,17);3-7,10H,1-2H3,(H,12,14). The van der Waals surface area contributed by atoms with Crippen molar-refractivity contribution < 1.29 is 19.1 Å². The molecule has 0 spiro atoms. The minimum absolute atomic E-state index is 0.172. The summed E-state index contributed by atoms with van der Waals surface area (Å²) in [6, 6.07) is 22.6. The molecule has 166 valence electrons. The molecule has 32 heavy (non-hydrogen) atoms. The van der Waals surface area contributed by atoms with Gasteiger partial charge in [0.05, 0.1) is 0 Å². The van der Waals surface area contributed by atoms with Gasteiger partial charge in [0.25, 0.3) is 11.8 Å². The quantitative estimate of drug-likeness (QED) is 0.347. The fourth-order valence-corrected chi connectivity index (χ4v) is 2.59. The summed E-state index contributed by atoms with van der Waals surface area (Å²) in [6.07, 6.45) is -1.04. The monoisotopic (exact) mass is 434 g/mol. The molecule has 3 aromatic rings. The molecule has 0 aliphatic rings. The SMILES string of the molecule is COC(C(C)=O)C(=O)Nc1ccccc1.Nc1ccc(NC(=O)c2ccc(N)cc2)cc1. The van der Waals surface area contributed by atoms with Crippen LogP contribution in [0.2, 0.25) is 0 Å². The van der Waals surface area contributed by atoms with E-state index in [4.69, 9.17) is 16.2 Å². The van der Waals surface area contributed by atoms with Crippen molar-refractivity contribution >= 4 is 40.3 Å². The van der Waals surface area contributed by atoms with Crippen molar-refractivity contribution in [1.82, 2.24) is 0 Å². The highest BCUT2D eigenvalue weighted by atomic mass is 16.5. The third-order valence-electron chi connectivity index (χ3n) is 4.23. The number of benzene rings is 3. The van der Waals surface area contributed by atoms with Crippen LogP contribution >= 0.6 is 0 Å². The summed E-state index contributed by atoms with van der Waals surface area (Å²) in [5, 5.41) is 5.36. The number of carbonyl (C=O) groups excluding carboxylic acids is 3. The molecule has 0 bridgehead atoms. The minimum Gasteiger partial charge on any atom is -0.399 e. The average Bonchev–Trinajstić information content (AvgIpc) is 2.77. The Morgan fingerprint density at radius 3 is 1.75 bits per heavy atom. The number of nitrogens with one attached hydrogen (secondary N) is 2. The van der Waals surface area contributed by atoms with E-state index in [1.54, 1.807) is 72.8 Å². The van der Waals surface area contributed by atoms with E-state index in [-0.39, 0.29) is 11.7 Å². The molecular weight excluding hydrogens is 408 g/mol. The first-order valence-electron chi connectivity index (χ1n) is 9.71. The number of anilines is 4. The van der Waals surface area contributed by atoms with Gasteiger partial charge in [-0.15, -0.1) is 0 Å². The molecule has 0 fully saturated rings. The number of hydrogen-bond donors (Lipinski definition) is 4. The molecule has 3 aromatic carbocycles. The Morgan fingerprint density at radius 2 is 1.25 bits per heavy atom. The van der Waals surface area contributed by atoms with E-state index in [0.29, 0.717) is 28.3 Å². The molecule has 0 radical (unpaired) electrons. The molecule has 8 heteroatoms. The van der Waals surface area contributed by atoms with Gasteiger partial charge in [-0.1, -0.05) is 18.2 Å². The van der Waals surface area contributed by atoms with E-state index in [1.165, 1.54) is 14.0 Å². The first kappa shape index (κ1) is 24.1. The van der Waals surface area contributed by atoms with Crippen LogP contribution in [0.25, 0.3) is 0 Å². The summed E-state index contributed by atoms with van der Waals surface area (Å²) in [4.78, 5) is 34.4. The van der Waals surface area contributed by atoms with Gasteiger partial charge in [0.15, 0.2) is 11.9 Å². The van der Waals surface area contributed by atoms with Gasteiger partial charge >= 0.3 is 0 Å². The molecule has 0 aromatic heterocycles. The molecule has 0 saturated heterocycles. The fourth-order valence-electron chi connectivity index (χ4n) is 2.59. The van der Waals surface area contributed by atoms with E-state index in [2.05, 4.69) is 10.6 Å². The lowest BCUT2D eigenvalue weighted by Gasteiger charge is -2.11. The van der Waals surface area contributed by atoms with E-state index in [9.17, 15) is 14.4 Å². The summed E-state index contributed by atoms with van der Waals surface area (Å²) in [5.41, 5.74) is 14.3. The van der Waals surface area contributed by atoms with Crippen molar-refractivity contribution in [3.05, 3.63) is 84.4 Å². The number of nitrogen functional groups attached to an aromatic ring is 2. The average molecular weight is 434 g/mol. The molecule has 0 heterocycles. The maximum absolute atomic E-state index is 11.8. The zero-order valence-corrected chi connectivity index (χ0v) is 17.9. The van der Waals surface area contributed by atoms with Crippen LogP contribution in [0, 0.1) is 0 Å². The number of carbonyl (C=O) groups is 3. The van der Waals surface area contributed by atoms with Crippen molar-refractivity contribution in [2.24, 2.45) is 0 Å². The van der Waals surface area contributed by atoms with Gasteiger partial charge in [0, 0.05) is 35.4 Å². The van der Waals surface area contributed by atoms with Crippen molar-refractivity contribution in [2.75, 3.05) is 29.2 Å². The van der Waals surface area contributed by atoms with Crippen molar-refractivity contribution in [3.63, 3.8) is 0 Å². The predicted molar refractivity (Wildman–Crippen MR) is 126 cm³/mol. The molecule has 2 amide bonds. The topological polar surface area (TPSA) is 137 Å². The van der Waals surface area contributed by atoms with Crippen LogP contribution in [0.3, 0.4) is 0 Å². The van der Waals surface area contributed by atoms with Crippen LogP contribution in [0.5, 0.6) is 0 Å². The van der Waals surface area contributed by atoms with Gasteiger partial charge in [-0.05, 0) is 67.6 Å². The number of hydrogen-bond acceptors (Lipinski definition) is 6. The lowest BCUT2D eigenvalue weighted by Crippen LogP contribution is -2.35. The Labute approximate surface area is 186 Å². The van der Waals surface area contributed by atoms with Crippen molar-refractivity contribution in [2.45, 2.75) is 13.0 Å². The smallest absolute Gasteiger partial charge is 0.261 e. The molecule has 1 unspecified atom stereocenters. The second-order valence-corrected chi connectivity index (χ2v) is 6.78. The Hall–Kier alpha value is -4.17. The number of amides is 2. The zero-order valence-electron chi connectivity index (χ0n) is 17.9. The van der Waals surface area contributed by atoms with E-state index >= 15 is 0 Å². The van der Waals surface area contributed by atoms with Crippen molar-refractivity contribution in [1.29, 1.82) is 0 Å². The van der Waals surface area contributed by atoms with Crippen LogP contribution in [-0.2, 0) is 14.3 Å². The molecule has 0 saturated carbocycles. The molecule has 1 atom stereocenters. The second kappa shape index (κ2) is 11.9. The molecular formula is C24H26N4O4. The van der Waals surface area contributed by atoms with Crippen molar-refractivity contribution in [3.8, 4) is 0 Å². The predicted octanol–water partition coefficient (Wildman–Crippen LogP) is 3.33. The highest BCUT2D eigenvalue weighted by molar-refractivity contribution is 6.09. The van der Waals surface area contributed by atoms with Crippen LogP contribution in [0.4, 0.5) is 22.7 Å². The number of rotatable bonds is 6. The van der Waals surface area contributed by atoms with Crippen LogP contribution in [0.1, 0.15) is 17.3 Å². The maximum Gasteiger partial charge on any atom is 0.261 e. The van der Waals surface area contributed by atoms with Gasteiger partial charge in [-0.25, -0.2) is 0 Å². The van der Waals surface area contributed by atoms with Gasteiger partial charge in [-0.2, -0.15) is 0 Å². The molecule has 6 N–H and O–H groups in total. The number of nitrogens with two attached hydrogens (primary N) is 2. The van der Waals surface area contributed by atoms with Gasteiger partial charge in [0.1, 0.15) is 0 Å². The first-order valence-corrected chi connectivity index (χ1v) is 9.71. The third kappa shape index (κ3) is 7.58. The maximum atomic E-state index is 11.8. The molecule has 0 aliphatic carbocycles. The summed E-state index contributed by atoms with van der Waals surface area (Å²) < 4.78 is 4.78. The fraction of sp³-hybridized carbons (Fsp3) is 0.125. The summed E-state index contributed by atoms with van der Waals surface area (Å²) >= 11 is 0. The van der Waals surface area contributed by atoms with Crippen LogP contribution in [-0.4, -0.2) is 30.8 Å². The molecule has 0 aliphatic heterocycles. The number of para-hydroxylation sites is 1. The van der Waals surface area contributed by atoms with Crippen LogP contribution < -0.4 is 22.1 Å². The lowest BCUT2D eigenvalue weighted by atomic mass is 10.2. The minimum atomic E-state index is -1.04. The molecule has 3 rings (SSSR count). The Balaban J connectivity index is 0.000000229. The Morgan fingerprint density at radius 1 is 0.750 bits per heavy atom. The number of Topliss-reactive ketones (excluding diaryl/α,β-unsaturated/α-hetero) is 1. The highest BCUT2D eigenvalue weighted by Gasteiger charge is 2.22. The number of ketones is 1. The highest BCUT2D eigenvalue weighted by Crippen LogP contribution is 2.13. The third-order valence-corrected chi connectivity index (χ3v) is 4.23. The molecule has 8 nitrogen and oxygen atoms in total. The second-order valence-electron chi connectivity index (χ2n) is 6.78. The van der Waals surface area contributed by atoms with E-state index in [0.717, 1.165) is 0 Å². The largest absolute Gasteiger partial charge is 0.399 e. The number of ether oxygens (including phenoxy) is 1. The summed E-state index contributed by atoms with van der Waals surface area (Å²) in [7, 11) is 1.33. The zero-order chi connectivity index (χ0) is 23.5. The number of methoxy groups -OCH3 is 1. The van der Waals surface area contributed by atoms with E-state index in [1.807, 2.05) is 6.07 Å². The van der Waals surface area contributed by atoms with Gasteiger partial charge in [0.2, 0.25) is 0 Å². The lowest BCUT2D eigenvalue weighted by molar-refractivity contribution is -0.137. The first-order chi connectivity index (χ1) is 15.3. The van der Waals surface area contributed by atoms with Crippen LogP contribution in [0.15, 0.2) is 78.9 Å². The van der Waals surface area contributed by atoms with Gasteiger partial charge < -0.3 is 26.8 Å². The van der Waals surface area contributed by atoms with E-state index < -0.39 is 12.0 Å². The normalized spacial score (nSPS) is 10.8. The van der Waals surface area contributed by atoms with Gasteiger partial charge in [-0.3, -0.25) is 14.4 Å². The summed E-state index contributed by atoms with van der Waals surface area (Å²) in [6.45, 7) is 1.32. The summed E-state index contributed by atoms with van der Waals surface area (Å²) in [5.74, 6) is -0.933. The Bertz CT molecular complexity index is 1040.